The predicted octanol–water partition coefficient (Wildman–Crippen LogP) is 1.02. The summed E-state index contributed by atoms with van der Waals surface area (Å²) in [4.78, 5) is 6.91. The van der Waals surface area contributed by atoms with Crippen LogP contribution in [-0.2, 0) is 12.8 Å². The molecule has 1 aromatic rings. The Hall–Kier alpha value is -1.82. The van der Waals surface area contributed by atoms with E-state index in [1.54, 1.807) is 0 Å². The van der Waals surface area contributed by atoms with Crippen LogP contribution in [0.15, 0.2) is 11.2 Å². The molecule has 1 fully saturated rings. The lowest BCUT2D eigenvalue weighted by atomic mass is 9.91. The number of anilines is 1. The van der Waals surface area contributed by atoms with Crippen molar-refractivity contribution >= 4 is 11.7 Å². The van der Waals surface area contributed by atoms with Crippen molar-refractivity contribution in [3.05, 3.63) is 22.9 Å². The van der Waals surface area contributed by atoms with Crippen molar-refractivity contribution in [1.29, 1.82) is 0 Å². The minimum atomic E-state index is 0.0743. The molecule has 114 valence electrons. The summed E-state index contributed by atoms with van der Waals surface area (Å²) in [5.74, 6) is 0.846. The van der Waals surface area contributed by atoms with Gasteiger partial charge < -0.3 is 20.9 Å². The van der Waals surface area contributed by atoms with E-state index < -0.39 is 0 Å². The average Bonchev–Trinajstić information content (AvgIpc) is 2.90. The van der Waals surface area contributed by atoms with Crippen molar-refractivity contribution in [3.63, 3.8) is 0 Å². The summed E-state index contributed by atoms with van der Waals surface area (Å²) in [6.07, 6.45) is 6.50. The third-order valence-electron chi connectivity index (χ3n) is 4.54. The molecule has 0 atom stereocenters. The van der Waals surface area contributed by atoms with Crippen molar-refractivity contribution in [2.45, 2.75) is 44.6 Å². The number of aryl methyl sites for hydroxylation is 2. The zero-order chi connectivity index (χ0) is 14.8. The van der Waals surface area contributed by atoms with Crippen LogP contribution >= 0.6 is 0 Å². The number of fused-ring (bicyclic) bond motifs is 1. The summed E-state index contributed by atoms with van der Waals surface area (Å²) in [7, 11) is 0. The van der Waals surface area contributed by atoms with E-state index in [0.717, 1.165) is 43.6 Å². The molecular weight excluding hydrogens is 268 g/mol. The van der Waals surface area contributed by atoms with Gasteiger partial charge in [-0.05, 0) is 50.2 Å². The summed E-state index contributed by atoms with van der Waals surface area (Å²) in [6.45, 7) is 0.604. The molecule has 0 aromatic carbocycles. The largest absolute Gasteiger partial charge is 0.409 e. The lowest BCUT2D eigenvalue weighted by molar-refractivity contribution is 0.283. The van der Waals surface area contributed by atoms with Gasteiger partial charge in [0.1, 0.15) is 5.82 Å². The van der Waals surface area contributed by atoms with Crippen LogP contribution in [0.1, 0.15) is 42.5 Å². The molecule has 0 radical (unpaired) electrons. The Labute approximate surface area is 124 Å². The Morgan fingerprint density at radius 2 is 2.19 bits per heavy atom. The van der Waals surface area contributed by atoms with Crippen LogP contribution < -0.4 is 10.6 Å². The monoisotopic (exact) mass is 290 g/mol. The maximum atomic E-state index is 9.37. The summed E-state index contributed by atoms with van der Waals surface area (Å²) in [5, 5.41) is 21.6. The lowest BCUT2D eigenvalue weighted by Crippen LogP contribution is -2.43. The normalized spacial score (nSPS) is 18.4. The zero-order valence-corrected chi connectivity index (χ0v) is 12.1. The minimum absolute atomic E-state index is 0.0743. The molecule has 4 N–H and O–H groups in total. The van der Waals surface area contributed by atoms with E-state index >= 15 is 0 Å². The molecule has 1 heterocycles. The first-order valence-corrected chi connectivity index (χ1v) is 7.62. The number of nitrogens with two attached hydrogens (primary N) is 1. The topological polar surface area (TPSA) is 95.0 Å². The van der Waals surface area contributed by atoms with Crippen molar-refractivity contribution in [1.82, 2.24) is 4.98 Å². The molecule has 21 heavy (non-hydrogen) atoms. The summed E-state index contributed by atoms with van der Waals surface area (Å²) < 4.78 is 0. The maximum Gasteiger partial charge on any atom is 0.173 e. The number of amidine groups is 1. The highest BCUT2D eigenvalue weighted by Crippen LogP contribution is 2.33. The zero-order valence-electron chi connectivity index (χ0n) is 12.1. The van der Waals surface area contributed by atoms with Gasteiger partial charge in [0.05, 0.1) is 12.2 Å². The van der Waals surface area contributed by atoms with Gasteiger partial charge in [0.2, 0.25) is 0 Å². The van der Waals surface area contributed by atoms with E-state index in [1.807, 2.05) is 6.07 Å². The van der Waals surface area contributed by atoms with Gasteiger partial charge in [0.15, 0.2) is 5.84 Å². The Morgan fingerprint density at radius 3 is 2.81 bits per heavy atom. The molecular formula is C15H22N4O2. The Kier molecular flexibility index (Phi) is 3.96. The number of hydrogen-bond acceptors (Lipinski definition) is 5. The molecule has 0 unspecified atom stereocenters. The highest BCUT2D eigenvalue weighted by Gasteiger charge is 2.29. The molecule has 0 saturated heterocycles. The Morgan fingerprint density at radius 1 is 1.38 bits per heavy atom. The number of pyridine rings is 1. The lowest BCUT2D eigenvalue weighted by Gasteiger charge is -2.39. The van der Waals surface area contributed by atoms with E-state index in [4.69, 9.17) is 15.9 Å². The number of hydrogen-bond donors (Lipinski definition) is 3. The molecule has 0 bridgehead atoms. The standard InChI is InChI=1S/C15H22N4O2/c16-14(18-21)12-9-10-3-1-6-13(10)17-15(12)19(7-8-20)11-4-2-5-11/h9,11,20-21H,1-8H2,(H2,16,18). The van der Waals surface area contributed by atoms with Crippen LogP contribution in [0.3, 0.4) is 0 Å². The van der Waals surface area contributed by atoms with E-state index in [2.05, 4.69) is 10.1 Å². The van der Waals surface area contributed by atoms with Gasteiger partial charge in [0.25, 0.3) is 0 Å². The number of aliphatic hydroxyl groups is 1. The van der Waals surface area contributed by atoms with Gasteiger partial charge in [-0.2, -0.15) is 0 Å². The molecule has 6 nitrogen and oxygen atoms in total. The van der Waals surface area contributed by atoms with Crippen molar-refractivity contribution in [2.24, 2.45) is 10.9 Å². The fraction of sp³-hybridized carbons (Fsp3) is 0.600. The van der Waals surface area contributed by atoms with Crippen LogP contribution in [0.5, 0.6) is 0 Å². The van der Waals surface area contributed by atoms with E-state index in [-0.39, 0.29) is 12.4 Å². The average molecular weight is 290 g/mol. The summed E-state index contributed by atoms with van der Waals surface area (Å²) >= 11 is 0. The highest BCUT2D eigenvalue weighted by atomic mass is 16.4. The highest BCUT2D eigenvalue weighted by molar-refractivity contribution is 6.01. The SMILES string of the molecule is N/C(=N/O)c1cc2c(nc1N(CCO)C1CCC1)CCC2. The Bertz CT molecular complexity index is 555. The van der Waals surface area contributed by atoms with Gasteiger partial charge in [-0.25, -0.2) is 4.98 Å². The Balaban J connectivity index is 2.05. The number of aromatic nitrogens is 1. The molecule has 2 aliphatic carbocycles. The van der Waals surface area contributed by atoms with Crippen LogP contribution in [-0.4, -0.2) is 40.3 Å². The van der Waals surface area contributed by atoms with Crippen LogP contribution in [0.25, 0.3) is 0 Å². The van der Waals surface area contributed by atoms with Crippen molar-refractivity contribution in [3.8, 4) is 0 Å². The molecule has 6 heteroatoms. The second-order valence-corrected chi connectivity index (χ2v) is 5.81. The molecule has 3 rings (SSSR count). The second kappa shape index (κ2) is 5.89. The minimum Gasteiger partial charge on any atom is -0.409 e. The van der Waals surface area contributed by atoms with E-state index in [0.29, 0.717) is 18.2 Å². The molecule has 1 aromatic heterocycles. The third-order valence-corrected chi connectivity index (χ3v) is 4.54. The van der Waals surface area contributed by atoms with Gasteiger partial charge in [0, 0.05) is 18.3 Å². The molecule has 0 amide bonds. The number of nitrogens with zero attached hydrogens (tertiary/aromatic N) is 3. The fourth-order valence-electron chi connectivity index (χ4n) is 3.19. The fourth-order valence-corrected chi connectivity index (χ4v) is 3.19. The molecule has 0 spiro atoms. The second-order valence-electron chi connectivity index (χ2n) is 5.81. The first-order chi connectivity index (χ1) is 10.2. The van der Waals surface area contributed by atoms with Crippen LogP contribution in [0.2, 0.25) is 0 Å². The summed E-state index contributed by atoms with van der Waals surface area (Å²) in [5.41, 5.74) is 8.84. The van der Waals surface area contributed by atoms with Crippen LogP contribution in [0.4, 0.5) is 5.82 Å². The molecule has 1 saturated carbocycles. The first-order valence-electron chi connectivity index (χ1n) is 7.62. The van der Waals surface area contributed by atoms with Gasteiger partial charge >= 0.3 is 0 Å². The van der Waals surface area contributed by atoms with E-state index in [1.165, 1.54) is 12.0 Å². The third kappa shape index (κ3) is 2.55. The van der Waals surface area contributed by atoms with Crippen molar-refractivity contribution < 1.29 is 10.3 Å². The quantitative estimate of drug-likeness (QED) is 0.326. The van der Waals surface area contributed by atoms with Gasteiger partial charge in [-0.15, -0.1) is 0 Å². The smallest absolute Gasteiger partial charge is 0.173 e. The summed E-state index contributed by atoms with van der Waals surface area (Å²) in [6, 6.07) is 2.40. The number of rotatable bonds is 5. The molecule has 0 aliphatic heterocycles. The van der Waals surface area contributed by atoms with Crippen LogP contribution in [0, 0.1) is 0 Å². The van der Waals surface area contributed by atoms with Gasteiger partial charge in [-0.3, -0.25) is 0 Å². The van der Waals surface area contributed by atoms with Gasteiger partial charge in [-0.1, -0.05) is 5.16 Å². The molecule has 2 aliphatic rings. The van der Waals surface area contributed by atoms with E-state index in [9.17, 15) is 5.11 Å². The van der Waals surface area contributed by atoms with Crippen molar-refractivity contribution in [2.75, 3.05) is 18.1 Å². The first kappa shape index (κ1) is 14.1. The number of oxime groups is 1. The predicted molar refractivity (Wildman–Crippen MR) is 80.8 cm³/mol. The number of aliphatic hydroxyl groups excluding tert-OH is 1. The maximum absolute atomic E-state index is 9.37.